The first kappa shape index (κ1) is 45.9. The second-order valence-electron chi connectivity index (χ2n) is 18.4. The van der Waals surface area contributed by atoms with E-state index in [0.717, 1.165) is 40.2 Å². The number of benzene rings is 2. The molecule has 6 N–H and O–H groups in total. The number of fused-ring (bicyclic) bond motifs is 2. The third-order valence-corrected chi connectivity index (χ3v) is 13.4. The summed E-state index contributed by atoms with van der Waals surface area (Å²) >= 11 is 1.57. The van der Waals surface area contributed by atoms with E-state index >= 15 is 0 Å². The van der Waals surface area contributed by atoms with E-state index in [1.54, 1.807) is 53.9 Å². The molecule has 344 valence electrons. The maximum Gasteiger partial charge on any atom is 0.246 e. The van der Waals surface area contributed by atoms with E-state index in [1.807, 2.05) is 69.6 Å². The van der Waals surface area contributed by atoms with Crippen molar-refractivity contribution in [1.82, 2.24) is 45.6 Å². The molecular formula is C48H56N12O5S. The lowest BCUT2D eigenvalue weighted by molar-refractivity contribution is -0.144. The number of likely N-dealkylation sites (N-methyl/N-ethyl adjacent to an activating group) is 1. The van der Waals surface area contributed by atoms with E-state index in [-0.39, 0.29) is 62.2 Å². The lowest BCUT2D eigenvalue weighted by Gasteiger charge is -2.42. The average Bonchev–Trinajstić information content (AvgIpc) is 3.98. The Morgan fingerprint density at radius 3 is 2.38 bits per heavy atom. The molecule has 17 nitrogen and oxygen atoms in total. The number of nitrogens with two attached hydrogens (primary N) is 1. The molecule has 2 bridgehead atoms. The summed E-state index contributed by atoms with van der Waals surface area (Å²) in [6.07, 6.45) is 4.61. The van der Waals surface area contributed by atoms with Gasteiger partial charge in [0, 0.05) is 62.6 Å². The van der Waals surface area contributed by atoms with E-state index in [4.69, 9.17) is 15.7 Å². The first-order valence-corrected chi connectivity index (χ1v) is 23.0. The molecule has 0 spiro atoms. The van der Waals surface area contributed by atoms with Gasteiger partial charge in [0.2, 0.25) is 23.7 Å². The highest BCUT2D eigenvalue weighted by Crippen LogP contribution is 2.38. The molecule has 3 saturated heterocycles. The number of aliphatic hydroxyl groups is 1. The number of carbonyl (C=O) groups is 3. The third kappa shape index (κ3) is 10.2. The first-order valence-electron chi connectivity index (χ1n) is 22.1. The van der Waals surface area contributed by atoms with Crippen molar-refractivity contribution in [2.24, 2.45) is 5.41 Å². The van der Waals surface area contributed by atoms with E-state index in [2.05, 4.69) is 47.5 Å². The van der Waals surface area contributed by atoms with Crippen LogP contribution in [0.15, 0.2) is 72.5 Å². The number of aliphatic hydroxyl groups excluding tert-OH is 1. The van der Waals surface area contributed by atoms with Crippen molar-refractivity contribution in [3.05, 3.63) is 89.3 Å². The number of nitrogens with zero attached hydrogens (tertiary/aromatic N) is 9. The number of phenols is 1. The molecular weight excluding hydrogens is 857 g/mol. The van der Waals surface area contributed by atoms with Crippen molar-refractivity contribution >= 4 is 46.5 Å². The van der Waals surface area contributed by atoms with Crippen LogP contribution in [-0.2, 0) is 20.9 Å². The minimum Gasteiger partial charge on any atom is -0.507 e. The lowest BCUT2D eigenvalue weighted by Crippen LogP contribution is -2.58. The highest BCUT2D eigenvalue weighted by atomic mass is 32.1. The molecule has 5 aromatic rings. The number of hydrogen-bond donors (Lipinski definition) is 5. The Labute approximate surface area is 388 Å². The molecule has 3 fully saturated rings. The van der Waals surface area contributed by atoms with Gasteiger partial charge in [-0.05, 0) is 61.6 Å². The maximum absolute atomic E-state index is 14.1. The number of aromatic nitrogens is 5. The fourth-order valence-electron chi connectivity index (χ4n) is 8.98. The number of thiazole rings is 1. The first-order chi connectivity index (χ1) is 31.6. The van der Waals surface area contributed by atoms with Crippen molar-refractivity contribution < 1.29 is 24.6 Å². The van der Waals surface area contributed by atoms with Crippen LogP contribution in [0.25, 0.3) is 21.7 Å². The molecule has 0 aliphatic carbocycles. The van der Waals surface area contributed by atoms with Crippen molar-refractivity contribution in [2.75, 3.05) is 55.3 Å². The summed E-state index contributed by atoms with van der Waals surface area (Å²) in [5.41, 5.74) is 12.9. The van der Waals surface area contributed by atoms with Crippen molar-refractivity contribution in [3.8, 4) is 39.3 Å². The van der Waals surface area contributed by atoms with E-state index in [1.165, 1.54) is 4.90 Å². The largest absolute Gasteiger partial charge is 0.507 e. The van der Waals surface area contributed by atoms with Gasteiger partial charge >= 0.3 is 0 Å². The summed E-state index contributed by atoms with van der Waals surface area (Å²) < 4.78 is 0. The van der Waals surface area contributed by atoms with Gasteiger partial charge in [-0.2, -0.15) is 0 Å². The zero-order valence-corrected chi connectivity index (χ0v) is 38.6. The number of carbonyl (C=O) groups excluding carboxylic acids is 3. The van der Waals surface area contributed by atoms with Gasteiger partial charge in [-0.3, -0.25) is 19.3 Å². The third-order valence-electron chi connectivity index (χ3n) is 12.4. The van der Waals surface area contributed by atoms with Crippen LogP contribution < -0.4 is 26.2 Å². The monoisotopic (exact) mass is 912 g/mol. The number of rotatable bonds is 12. The number of nitrogens with one attached hydrogen (secondary N) is 2. The summed E-state index contributed by atoms with van der Waals surface area (Å²) in [5, 5.41) is 35.3. The van der Waals surface area contributed by atoms with Crippen LogP contribution in [0, 0.1) is 24.2 Å². The average molecular weight is 913 g/mol. The van der Waals surface area contributed by atoms with Crippen LogP contribution in [0.4, 0.5) is 17.5 Å². The zero-order valence-electron chi connectivity index (χ0n) is 37.8. The number of phenolic OH excluding ortho intramolecular Hbond substituents is 1. The molecule has 3 amide bonds. The van der Waals surface area contributed by atoms with Crippen LogP contribution in [0.2, 0.25) is 0 Å². The van der Waals surface area contributed by atoms with E-state index in [9.17, 15) is 24.6 Å². The van der Waals surface area contributed by atoms with Gasteiger partial charge in [0.15, 0.2) is 5.82 Å². The summed E-state index contributed by atoms with van der Waals surface area (Å²) in [6.45, 7) is 9.43. The SMILES string of the molecule is Cc1ncsc1-c1ccc(CNC(=O)[C@@H]2C[C@@H](O)CN2C(=O)C(NC(=O)CN(C)CC#Cc2cnc(N3C4CCC3CN(c3cc(-c5ccccc5O)nnc3N)C4)nc2)C(C)(C)C)cc1. The van der Waals surface area contributed by atoms with Crippen LogP contribution in [0.1, 0.15) is 56.9 Å². The fourth-order valence-corrected chi connectivity index (χ4v) is 9.79. The molecule has 5 atom stereocenters. The topological polar surface area (TPSA) is 219 Å². The minimum atomic E-state index is -0.949. The summed E-state index contributed by atoms with van der Waals surface area (Å²) in [7, 11) is 1.77. The Morgan fingerprint density at radius 2 is 1.71 bits per heavy atom. The van der Waals surface area contributed by atoms with Crippen molar-refractivity contribution in [2.45, 2.75) is 83.8 Å². The smallest absolute Gasteiger partial charge is 0.246 e. The quantitative estimate of drug-likeness (QED) is 0.113. The molecule has 66 heavy (non-hydrogen) atoms. The van der Waals surface area contributed by atoms with E-state index in [0.29, 0.717) is 41.7 Å². The highest BCUT2D eigenvalue weighted by molar-refractivity contribution is 7.13. The van der Waals surface area contributed by atoms with Crippen molar-refractivity contribution in [3.63, 3.8) is 0 Å². The Bertz CT molecular complexity index is 2610. The number of likely N-dealkylation sites (tertiary alicyclic amines) is 1. The van der Waals surface area contributed by atoms with Gasteiger partial charge in [-0.25, -0.2) is 15.0 Å². The molecule has 3 aromatic heterocycles. The zero-order chi connectivity index (χ0) is 46.7. The number of aryl methyl sites for hydroxylation is 1. The molecule has 8 rings (SSSR count). The minimum absolute atomic E-state index is 0.0102. The van der Waals surface area contributed by atoms with E-state index < -0.39 is 29.5 Å². The number of para-hydroxylation sites is 1. The number of nitrogen functional groups attached to an aromatic ring is 1. The number of anilines is 3. The summed E-state index contributed by atoms with van der Waals surface area (Å²) in [6, 6.07) is 15.3. The number of hydrogen-bond acceptors (Lipinski definition) is 15. The predicted octanol–water partition coefficient (Wildman–Crippen LogP) is 3.60. The van der Waals surface area contributed by atoms with Crippen LogP contribution in [0.5, 0.6) is 5.75 Å². The number of amides is 3. The van der Waals surface area contributed by atoms with Gasteiger partial charge in [0.25, 0.3) is 0 Å². The molecule has 3 aliphatic heterocycles. The summed E-state index contributed by atoms with van der Waals surface area (Å²) in [5.74, 6) is 6.15. The van der Waals surface area contributed by atoms with Crippen LogP contribution >= 0.6 is 11.3 Å². The molecule has 6 heterocycles. The molecule has 0 radical (unpaired) electrons. The number of piperazine rings is 1. The van der Waals surface area contributed by atoms with Crippen LogP contribution in [0.3, 0.4) is 0 Å². The standard InChI is InChI=1S/C48H56N12O5S/c1-29-42(66-28-53-29)32-14-12-30(13-15-32)21-50-45(64)39-19-35(61)26-59(39)46(65)43(48(2,3)4)54-41(63)27-57(5)18-8-9-31-22-51-47(52-23-31)60-33-16-17-34(60)25-58(24-33)38-20-37(55-56-44(38)49)36-10-6-7-11-40(36)62/h6-7,10-15,20,22-23,28,33-35,39,43,61-62H,16-19,21,24-27H2,1-5H3,(H2,49,56)(H,50,64)(H,54,63)/t33?,34?,35-,39+,43?/m1/s1. The summed E-state index contributed by atoms with van der Waals surface area (Å²) in [4.78, 5) is 63.5. The molecule has 2 aromatic carbocycles. The van der Waals surface area contributed by atoms with Gasteiger partial charge in [-0.1, -0.05) is 69.0 Å². The predicted molar refractivity (Wildman–Crippen MR) is 253 cm³/mol. The highest BCUT2D eigenvalue weighted by Gasteiger charge is 2.45. The molecule has 3 aliphatic rings. The van der Waals surface area contributed by atoms with Crippen LogP contribution in [-0.4, -0.2) is 133 Å². The lowest BCUT2D eigenvalue weighted by atomic mass is 9.85. The van der Waals surface area contributed by atoms with Gasteiger partial charge in [0.05, 0.1) is 52.2 Å². The Hall–Kier alpha value is -6.68. The Morgan fingerprint density at radius 1 is 1.00 bits per heavy atom. The molecule has 18 heteroatoms. The van der Waals surface area contributed by atoms with Gasteiger partial charge < -0.3 is 41.3 Å². The van der Waals surface area contributed by atoms with Gasteiger partial charge in [-0.15, -0.1) is 21.5 Å². The number of β-amino-alcohol motifs (C(OH)–C–C–N with tert-alkyl or cyclic N) is 1. The normalized spacial score (nSPS) is 19.7. The maximum atomic E-state index is 14.1. The molecule has 0 saturated carbocycles. The van der Waals surface area contributed by atoms with Crippen molar-refractivity contribution in [1.29, 1.82) is 0 Å². The molecule has 3 unspecified atom stereocenters. The van der Waals surface area contributed by atoms with Gasteiger partial charge in [0.1, 0.15) is 17.8 Å². The Balaban J connectivity index is 0.826. The second kappa shape index (κ2) is 19.4. The Kier molecular flexibility index (Phi) is 13.5. The second-order valence-corrected chi connectivity index (χ2v) is 19.3. The fraction of sp³-hybridized carbons (Fsp3) is 0.417. The number of aromatic hydroxyl groups is 1.